The summed E-state index contributed by atoms with van der Waals surface area (Å²) in [4.78, 5) is 13.9. The smallest absolute Gasteiger partial charge is 0.186 e. The molecule has 1 saturated heterocycles. The van der Waals surface area contributed by atoms with Gasteiger partial charge in [0.1, 0.15) is 17.1 Å². The van der Waals surface area contributed by atoms with Crippen LogP contribution in [0.1, 0.15) is 0 Å². The van der Waals surface area contributed by atoms with Gasteiger partial charge in [0.05, 0.1) is 27.0 Å². The Kier molecular flexibility index (Phi) is 4.49. The lowest BCUT2D eigenvalue weighted by Gasteiger charge is -2.34. The Morgan fingerprint density at radius 3 is 2.43 bits per heavy atom. The number of aromatic nitrogens is 2. The number of hydrogen-bond donors (Lipinski definition) is 0. The third kappa shape index (κ3) is 3.05. The lowest BCUT2D eigenvalue weighted by Crippen LogP contribution is -2.46. The Morgan fingerprint density at radius 1 is 1.00 bits per heavy atom. The highest BCUT2D eigenvalue weighted by atomic mass is 35.5. The van der Waals surface area contributed by atoms with Gasteiger partial charge in [-0.15, -0.1) is 0 Å². The number of benzene rings is 2. The molecule has 144 valence electrons. The van der Waals surface area contributed by atoms with E-state index >= 15 is 0 Å². The average Bonchev–Trinajstić information content (AvgIpc) is 3.33. The van der Waals surface area contributed by atoms with Gasteiger partial charge in [-0.05, 0) is 30.3 Å². The number of anilines is 2. The van der Waals surface area contributed by atoms with E-state index in [0.717, 1.165) is 62.6 Å². The van der Waals surface area contributed by atoms with Crippen LogP contribution < -0.4 is 14.5 Å². The van der Waals surface area contributed by atoms with Gasteiger partial charge in [0.2, 0.25) is 0 Å². The van der Waals surface area contributed by atoms with E-state index in [1.54, 1.807) is 30.6 Å². The number of rotatable bonds is 3. The topological polar surface area (TPSA) is 41.5 Å². The molecule has 28 heavy (non-hydrogen) atoms. The quantitative estimate of drug-likeness (QED) is 0.452. The van der Waals surface area contributed by atoms with Crippen LogP contribution in [0.5, 0.6) is 5.75 Å². The maximum atomic E-state index is 13.4. The lowest BCUT2D eigenvalue weighted by atomic mass is 10.3. The molecule has 0 spiro atoms. The summed E-state index contributed by atoms with van der Waals surface area (Å²) >= 11 is 9.47. The first-order valence-electron chi connectivity index (χ1n) is 8.81. The summed E-state index contributed by atoms with van der Waals surface area (Å²) in [6.45, 7) is 3.35. The Bertz CT molecular complexity index is 1170. The van der Waals surface area contributed by atoms with Gasteiger partial charge in [0.25, 0.3) is 0 Å². The van der Waals surface area contributed by atoms with Crippen LogP contribution in [0.15, 0.2) is 30.3 Å². The molecule has 2 aromatic carbocycles. The Balaban J connectivity index is 1.36. The van der Waals surface area contributed by atoms with Gasteiger partial charge >= 0.3 is 0 Å². The standard InChI is InChI=1S/C19H16ClFN4OS2/c1-26-14-5-3-12(20)17-16(14)23-19(28-17)25-8-6-24(7-9-25)18-22-13-4-2-11(21)10-15(13)27-18/h2-5,10H,6-9H2,1H3. The van der Waals surface area contributed by atoms with Crippen molar-refractivity contribution in [3.8, 4) is 5.75 Å². The molecule has 1 aliphatic heterocycles. The normalized spacial score (nSPS) is 15.0. The van der Waals surface area contributed by atoms with Gasteiger partial charge in [-0.3, -0.25) is 0 Å². The van der Waals surface area contributed by atoms with Crippen molar-refractivity contribution in [2.75, 3.05) is 43.1 Å². The fourth-order valence-electron chi connectivity index (χ4n) is 3.35. The van der Waals surface area contributed by atoms with Crippen molar-refractivity contribution >= 4 is 65.0 Å². The molecule has 5 nitrogen and oxygen atoms in total. The molecule has 3 heterocycles. The molecule has 0 atom stereocenters. The SMILES string of the molecule is COc1ccc(Cl)c2sc(N3CCN(c4nc5ccc(F)cc5s4)CC3)nc12. The number of fused-ring (bicyclic) bond motifs is 2. The molecule has 9 heteroatoms. The highest BCUT2D eigenvalue weighted by Gasteiger charge is 2.23. The number of hydrogen-bond acceptors (Lipinski definition) is 7. The van der Waals surface area contributed by atoms with Crippen LogP contribution in [0.25, 0.3) is 20.4 Å². The monoisotopic (exact) mass is 434 g/mol. The molecule has 0 bridgehead atoms. The molecule has 0 aliphatic carbocycles. The van der Waals surface area contributed by atoms with E-state index < -0.39 is 0 Å². The molecule has 1 fully saturated rings. The summed E-state index contributed by atoms with van der Waals surface area (Å²) in [5.41, 5.74) is 1.65. The van der Waals surface area contributed by atoms with Gasteiger partial charge in [-0.2, -0.15) is 0 Å². The Hall–Kier alpha value is -2.16. The summed E-state index contributed by atoms with van der Waals surface area (Å²) in [6, 6.07) is 8.43. The molecule has 0 N–H and O–H groups in total. The molecule has 1 aliphatic rings. The van der Waals surface area contributed by atoms with E-state index in [1.165, 1.54) is 17.4 Å². The summed E-state index contributed by atoms with van der Waals surface area (Å²) in [5.74, 6) is 0.514. The van der Waals surface area contributed by atoms with Crippen LogP contribution in [0.3, 0.4) is 0 Å². The van der Waals surface area contributed by atoms with E-state index in [2.05, 4.69) is 14.8 Å². The van der Waals surface area contributed by atoms with Crippen molar-refractivity contribution in [1.82, 2.24) is 9.97 Å². The van der Waals surface area contributed by atoms with E-state index in [-0.39, 0.29) is 5.82 Å². The third-order valence-electron chi connectivity index (χ3n) is 4.83. The van der Waals surface area contributed by atoms with Gasteiger partial charge in [0.15, 0.2) is 10.3 Å². The molecule has 4 aromatic rings. The highest BCUT2D eigenvalue weighted by Crippen LogP contribution is 2.39. The van der Waals surface area contributed by atoms with Crippen molar-refractivity contribution in [2.24, 2.45) is 0 Å². The zero-order valence-corrected chi connectivity index (χ0v) is 17.4. The minimum atomic E-state index is -0.225. The van der Waals surface area contributed by atoms with E-state index in [9.17, 15) is 4.39 Å². The molecule has 0 amide bonds. The van der Waals surface area contributed by atoms with E-state index in [0.29, 0.717) is 5.02 Å². The van der Waals surface area contributed by atoms with Gasteiger partial charge < -0.3 is 14.5 Å². The number of thiazole rings is 2. The molecular weight excluding hydrogens is 419 g/mol. The minimum Gasteiger partial charge on any atom is -0.494 e. The summed E-state index contributed by atoms with van der Waals surface area (Å²) in [6.07, 6.45) is 0. The van der Waals surface area contributed by atoms with E-state index in [1.807, 2.05) is 12.1 Å². The number of nitrogens with zero attached hydrogens (tertiary/aromatic N) is 4. The maximum absolute atomic E-state index is 13.4. The van der Waals surface area contributed by atoms with Crippen molar-refractivity contribution in [1.29, 1.82) is 0 Å². The predicted molar refractivity (Wildman–Crippen MR) is 115 cm³/mol. The van der Waals surface area contributed by atoms with Crippen LogP contribution >= 0.6 is 34.3 Å². The predicted octanol–water partition coefficient (Wildman–Crippen LogP) is 5.03. The zero-order chi connectivity index (χ0) is 19.3. The van der Waals surface area contributed by atoms with Gasteiger partial charge in [-0.1, -0.05) is 34.3 Å². The summed E-state index contributed by atoms with van der Waals surface area (Å²) < 4.78 is 20.7. The second-order valence-electron chi connectivity index (χ2n) is 6.51. The van der Waals surface area contributed by atoms with Crippen LogP contribution in [0.4, 0.5) is 14.7 Å². The lowest BCUT2D eigenvalue weighted by molar-refractivity contribution is 0.419. The summed E-state index contributed by atoms with van der Waals surface area (Å²) in [7, 11) is 1.64. The Morgan fingerprint density at radius 2 is 1.71 bits per heavy atom. The minimum absolute atomic E-state index is 0.225. The largest absolute Gasteiger partial charge is 0.494 e. The van der Waals surface area contributed by atoms with Crippen molar-refractivity contribution in [2.45, 2.75) is 0 Å². The average molecular weight is 435 g/mol. The number of ether oxygens (including phenoxy) is 1. The Labute approximate surface area is 173 Å². The number of methoxy groups -OCH3 is 1. The van der Waals surface area contributed by atoms with Crippen LogP contribution in [0.2, 0.25) is 5.02 Å². The first-order chi connectivity index (χ1) is 13.6. The first-order valence-corrected chi connectivity index (χ1v) is 10.8. The molecule has 0 unspecified atom stereocenters. The van der Waals surface area contributed by atoms with Gasteiger partial charge in [0, 0.05) is 26.2 Å². The second kappa shape index (κ2) is 7.02. The first kappa shape index (κ1) is 17.9. The van der Waals surface area contributed by atoms with Crippen LogP contribution in [-0.4, -0.2) is 43.3 Å². The zero-order valence-electron chi connectivity index (χ0n) is 15.0. The van der Waals surface area contributed by atoms with Crippen molar-refractivity contribution in [3.63, 3.8) is 0 Å². The molecule has 2 aromatic heterocycles. The fraction of sp³-hybridized carbons (Fsp3) is 0.263. The maximum Gasteiger partial charge on any atom is 0.186 e. The highest BCUT2D eigenvalue weighted by molar-refractivity contribution is 7.23. The van der Waals surface area contributed by atoms with Crippen LogP contribution in [0, 0.1) is 5.82 Å². The number of piperazine rings is 1. The molecule has 0 radical (unpaired) electrons. The molecular formula is C19H16ClFN4OS2. The second-order valence-corrected chi connectivity index (χ2v) is 8.90. The molecule has 0 saturated carbocycles. The fourth-order valence-corrected chi connectivity index (χ4v) is 5.70. The van der Waals surface area contributed by atoms with Crippen molar-refractivity contribution < 1.29 is 9.13 Å². The number of halogens is 2. The van der Waals surface area contributed by atoms with Crippen LogP contribution in [-0.2, 0) is 0 Å². The van der Waals surface area contributed by atoms with E-state index in [4.69, 9.17) is 21.3 Å². The molecule has 5 rings (SSSR count). The van der Waals surface area contributed by atoms with Crippen molar-refractivity contribution in [3.05, 3.63) is 41.2 Å². The summed E-state index contributed by atoms with van der Waals surface area (Å²) in [5, 5.41) is 2.58. The van der Waals surface area contributed by atoms with Gasteiger partial charge in [-0.25, -0.2) is 14.4 Å². The third-order valence-corrected chi connectivity index (χ3v) is 7.48.